The number of nitrogens with zero attached hydrogens (tertiary/aromatic N) is 5. The van der Waals surface area contributed by atoms with E-state index in [0.29, 0.717) is 29.3 Å². The van der Waals surface area contributed by atoms with Gasteiger partial charge in [0.05, 0.1) is 23.6 Å². The van der Waals surface area contributed by atoms with E-state index in [2.05, 4.69) is 20.5 Å². The minimum absolute atomic E-state index is 0.0146. The van der Waals surface area contributed by atoms with Gasteiger partial charge in [-0.05, 0) is 50.3 Å². The molecule has 210 valence electrons. The maximum absolute atomic E-state index is 13.9. The lowest BCUT2D eigenvalue weighted by molar-refractivity contribution is -0.154. The van der Waals surface area contributed by atoms with Crippen molar-refractivity contribution in [2.75, 3.05) is 0 Å². The van der Waals surface area contributed by atoms with Gasteiger partial charge in [-0.1, -0.05) is 0 Å². The number of hydrogen-bond acceptors (Lipinski definition) is 5. The summed E-state index contributed by atoms with van der Waals surface area (Å²) >= 11 is 0. The van der Waals surface area contributed by atoms with Crippen LogP contribution in [0.4, 0.5) is 22.0 Å². The molecule has 0 aromatic carbocycles. The van der Waals surface area contributed by atoms with E-state index in [1.54, 1.807) is 24.4 Å². The lowest BCUT2D eigenvalue weighted by Crippen LogP contribution is -2.38. The molecule has 14 heteroatoms. The number of fused-ring (bicyclic) bond motifs is 1. The zero-order valence-corrected chi connectivity index (χ0v) is 21.1. The molecule has 2 fully saturated rings. The fourth-order valence-corrected chi connectivity index (χ4v) is 5.40. The van der Waals surface area contributed by atoms with Crippen molar-refractivity contribution in [3.05, 3.63) is 47.7 Å². The van der Waals surface area contributed by atoms with Crippen molar-refractivity contribution in [2.45, 2.75) is 76.2 Å². The first kappa shape index (κ1) is 27.0. The normalized spacial score (nSPS) is 22.7. The van der Waals surface area contributed by atoms with Crippen molar-refractivity contribution >= 4 is 17.5 Å². The molecule has 1 saturated carbocycles. The molecule has 1 saturated heterocycles. The molecule has 3 atom stereocenters. The van der Waals surface area contributed by atoms with E-state index in [4.69, 9.17) is 0 Å². The summed E-state index contributed by atoms with van der Waals surface area (Å²) in [6, 6.07) is 2.24. The Kier molecular flexibility index (Phi) is 7.06. The molecular weight excluding hydrogens is 525 g/mol. The van der Waals surface area contributed by atoms with Crippen LogP contribution in [0.3, 0.4) is 0 Å². The van der Waals surface area contributed by atoms with Gasteiger partial charge in [-0.2, -0.15) is 23.4 Å². The van der Waals surface area contributed by atoms with Crippen molar-refractivity contribution in [1.29, 1.82) is 0 Å². The maximum atomic E-state index is 13.9. The summed E-state index contributed by atoms with van der Waals surface area (Å²) in [5, 5.41) is 13.5. The van der Waals surface area contributed by atoms with E-state index in [-0.39, 0.29) is 44.4 Å². The number of amides is 2. The molecule has 0 radical (unpaired) electrons. The molecule has 4 heterocycles. The maximum Gasteiger partial charge on any atom is 0.408 e. The van der Waals surface area contributed by atoms with Crippen LogP contribution in [0, 0.1) is 11.8 Å². The first-order valence-corrected chi connectivity index (χ1v) is 12.9. The van der Waals surface area contributed by atoms with Crippen LogP contribution in [-0.4, -0.2) is 54.3 Å². The van der Waals surface area contributed by atoms with Crippen molar-refractivity contribution in [1.82, 2.24) is 35.0 Å². The summed E-state index contributed by atoms with van der Waals surface area (Å²) in [7, 11) is 0. The Morgan fingerprint density at radius 3 is 2.64 bits per heavy atom. The molecule has 2 N–H and O–H groups in total. The number of imidazole rings is 1. The van der Waals surface area contributed by atoms with E-state index in [0.717, 1.165) is 0 Å². The van der Waals surface area contributed by atoms with Gasteiger partial charge in [0.25, 0.3) is 5.91 Å². The van der Waals surface area contributed by atoms with Gasteiger partial charge in [0.2, 0.25) is 11.8 Å². The highest BCUT2D eigenvalue weighted by molar-refractivity contribution is 5.92. The molecule has 1 aliphatic carbocycles. The zero-order valence-electron chi connectivity index (χ0n) is 21.1. The molecule has 1 aliphatic heterocycles. The summed E-state index contributed by atoms with van der Waals surface area (Å²) in [6.07, 6.45) is -1.99. The van der Waals surface area contributed by atoms with Gasteiger partial charge in [0.15, 0.2) is 5.65 Å². The van der Waals surface area contributed by atoms with Crippen molar-refractivity contribution in [2.24, 2.45) is 11.8 Å². The standard InChI is InChI=1S/C25H28F5N7O2/c1-2-36-18(7-10-31-36)23(39)34-21(14-5-8-24(26,27)9-6-14)17-13-37-20(32-17)4-3-16(35-37)11-15-12-19(25(28,29)30)33-22(15)38/h3-4,7,10,13-15,19,21H,2,5-6,8-9,11-12H2,1H3,(H,33,38)(H,34,39)/t15?,19-,21+/m1/s1. The van der Waals surface area contributed by atoms with Gasteiger partial charge in [-0.25, -0.2) is 18.3 Å². The Bertz CT molecular complexity index is 1360. The Labute approximate surface area is 220 Å². The number of nitrogens with one attached hydrogen (secondary N) is 2. The second-order valence-corrected chi connectivity index (χ2v) is 10.2. The Hall–Kier alpha value is -3.58. The third kappa shape index (κ3) is 5.74. The monoisotopic (exact) mass is 553 g/mol. The van der Waals surface area contributed by atoms with Crippen LogP contribution < -0.4 is 10.6 Å². The Morgan fingerprint density at radius 1 is 1.23 bits per heavy atom. The van der Waals surface area contributed by atoms with Crippen LogP contribution in [0.25, 0.3) is 5.65 Å². The quantitative estimate of drug-likeness (QED) is 0.433. The highest BCUT2D eigenvalue weighted by Gasteiger charge is 2.47. The van der Waals surface area contributed by atoms with E-state index >= 15 is 0 Å². The highest BCUT2D eigenvalue weighted by atomic mass is 19.4. The molecule has 2 amide bonds. The first-order valence-electron chi connectivity index (χ1n) is 12.9. The zero-order chi connectivity index (χ0) is 27.9. The Morgan fingerprint density at radius 2 is 1.97 bits per heavy atom. The molecule has 9 nitrogen and oxygen atoms in total. The largest absolute Gasteiger partial charge is 0.408 e. The van der Waals surface area contributed by atoms with Crippen LogP contribution in [0.1, 0.15) is 66.9 Å². The molecule has 0 spiro atoms. The topological polar surface area (TPSA) is 106 Å². The van der Waals surface area contributed by atoms with E-state index < -0.39 is 41.9 Å². The molecule has 5 rings (SSSR count). The first-order chi connectivity index (χ1) is 18.4. The van der Waals surface area contributed by atoms with Gasteiger partial charge < -0.3 is 10.6 Å². The lowest BCUT2D eigenvalue weighted by atomic mass is 9.81. The predicted octanol–water partition coefficient (Wildman–Crippen LogP) is 3.85. The van der Waals surface area contributed by atoms with Crippen LogP contribution in [0.2, 0.25) is 0 Å². The van der Waals surface area contributed by atoms with Gasteiger partial charge in [-0.3, -0.25) is 14.3 Å². The molecule has 39 heavy (non-hydrogen) atoms. The summed E-state index contributed by atoms with van der Waals surface area (Å²) in [5.74, 6) is -5.00. The number of halogens is 5. The number of alkyl halides is 5. The molecular formula is C25H28F5N7O2. The molecule has 3 aromatic rings. The van der Waals surface area contributed by atoms with Crippen molar-refractivity contribution in [3.8, 4) is 0 Å². The number of aryl methyl sites for hydroxylation is 1. The lowest BCUT2D eigenvalue weighted by Gasteiger charge is -2.33. The molecule has 0 bridgehead atoms. The number of rotatable bonds is 7. The average Bonchev–Trinajstić information content (AvgIpc) is 3.60. The summed E-state index contributed by atoms with van der Waals surface area (Å²) in [6.45, 7) is 2.31. The van der Waals surface area contributed by atoms with E-state index in [1.807, 2.05) is 12.2 Å². The number of hydrogen-bond donors (Lipinski definition) is 2. The summed E-state index contributed by atoms with van der Waals surface area (Å²) in [4.78, 5) is 29.8. The summed E-state index contributed by atoms with van der Waals surface area (Å²) < 4.78 is 69.9. The smallest absolute Gasteiger partial charge is 0.344 e. The second kappa shape index (κ2) is 10.2. The van der Waals surface area contributed by atoms with E-state index in [9.17, 15) is 31.5 Å². The van der Waals surface area contributed by atoms with Crippen LogP contribution in [-0.2, 0) is 17.8 Å². The number of carbonyl (C=O) groups is 2. The molecule has 1 unspecified atom stereocenters. The molecule has 3 aromatic heterocycles. The Balaban J connectivity index is 1.39. The molecule has 2 aliphatic rings. The average molecular weight is 554 g/mol. The summed E-state index contributed by atoms with van der Waals surface area (Å²) in [5.41, 5.74) is 1.58. The third-order valence-electron chi connectivity index (χ3n) is 7.54. The van der Waals surface area contributed by atoms with Crippen LogP contribution in [0.5, 0.6) is 0 Å². The number of carbonyl (C=O) groups excluding carboxylic acids is 2. The van der Waals surface area contributed by atoms with Gasteiger partial charge in [0.1, 0.15) is 11.7 Å². The van der Waals surface area contributed by atoms with Gasteiger partial charge in [0, 0.05) is 37.9 Å². The third-order valence-corrected chi connectivity index (χ3v) is 7.54. The van der Waals surface area contributed by atoms with E-state index in [1.165, 1.54) is 15.4 Å². The second-order valence-electron chi connectivity index (χ2n) is 10.2. The number of aromatic nitrogens is 5. The SMILES string of the molecule is CCn1nccc1C(=O)N[C@H](c1cn2nc(CC3C[C@H](C(F)(F)F)NC3=O)ccc2n1)C1CCC(F)(F)CC1. The van der Waals surface area contributed by atoms with Gasteiger partial charge >= 0.3 is 6.18 Å². The van der Waals surface area contributed by atoms with Crippen LogP contribution in [0.15, 0.2) is 30.6 Å². The fourth-order valence-electron chi connectivity index (χ4n) is 5.40. The predicted molar refractivity (Wildman–Crippen MR) is 128 cm³/mol. The fraction of sp³-hybridized carbons (Fsp3) is 0.560. The minimum Gasteiger partial charge on any atom is -0.344 e. The minimum atomic E-state index is -4.52. The van der Waals surface area contributed by atoms with Crippen LogP contribution >= 0.6 is 0 Å². The van der Waals surface area contributed by atoms with Crippen molar-refractivity contribution in [3.63, 3.8) is 0 Å². The van der Waals surface area contributed by atoms with Gasteiger partial charge in [-0.15, -0.1) is 0 Å². The van der Waals surface area contributed by atoms with Crippen molar-refractivity contribution < 1.29 is 31.5 Å². The highest BCUT2D eigenvalue weighted by Crippen LogP contribution is 2.41.